The third-order valence-electron chi connectivity index (χ3n) is 5.67. The summed E-state index contributed by atoms with van der Waals surface area (Å²) in [5, 5.41) is 4.53. The molecule has 0 unspecified atom stereocenters. The Labute approximate surface area is 180 Å². The maximum absolute atomic E-state index is 12.7. The van der Waals surface area contributed by atoms with Crippen LogP contribution in [0.5, 0.6) is 0 Å². The van der Waals surface area contributed by atoms with Gasteiger partial charge in [-0.1, -0.05) is 13.8 Å². The third-order valence-corrected chi connectivity index (χ3v) is 5.67. The highest BCUT2D eigenvalue weighted by atomic mass is 16.5. The van der Waals surface area contributed by atoms with E-state index < -0.39 is 17.6 Å². The third kappa shape index (κ3) is 4.50. The van der Waals surface area contributed by atoms with E-state index in [9.17, 15) is 14.4 Å². The van der Waals surface area contributed by atoms with Crippen molar-refractivity contribution in [3.63, 3.8) is 0 Å². The number of hydrogen-bond donors (Lipinski definition) is 1. The number of furan rings is 1. The van der Waals surface area contributed by atoms with E-state index in [2.05, 4.69) is 5.32 Å². The monoisotopic (exact) mass is 427 g/mol. The van der Waals surface area contributed by atoms with E-state index in [4.69, 9.17) is 13.6 Å². The van der Waals surface area contributed by atoms with E-state index in [1.54, 1.807) is 6.26 Å². The number of amides is 1. The molecule has 3 rings (SSSR count). The van der Waals surface area contributed by atoms with Crippen LogP contribution in [-0.4, -0.2) is 25.0 Å². The predicted octanol–water partition coefficient (Wildman–Crippen LogP) is 4.10. The fraction of sp³-hybridized carbons (Fsp3) is 0.458. The van der Waals surface area contributed by atoms with Crippen LogP contribution >= 0.6 is 0 Å². The summed E-state index contributed by atoms with van der Waals surface area (Å²) in [6.07, 6.45) is 2.45. The van der Waals surface area contributed by atoms with Gasteiger partial charge in [0.05, 0.1) is 13.4 Å². The maximum atomic E-state index is 12.7. The molecule has 2 heterocycles. The van der Waals surface area contributed by atoms with Crippen molar-refractivity contribution in [2.24, 2.45) is 5.92 Å². The summed E-state index contributed by atoms with van der Waals surface area (Å²) in [5.74, 6) is -0.573. The molecule has 0 aliphatic carbocycles. The molecule has 0 saturated heterocycles. The van der Waals surface area contributed by atoms with Crippen molar-refractivity contribution >= 4 is 33.8 Å². The number of nitrogens with one attached hydrogen (secondary N) is 1. The molecule has 1 atom stereocenters. The molecule has 2 aromatic heterocycles. The molecule has 0 aliphatic rings. The molecule has 0 saturated carbocycles. The average molecular weight is 427 g/mol. The molecule has 0 spiro atoms. The Morgan fingerprint density at radius 3 is 2.45 bits per heavy atom. The van der Waals surface area contributed by atoms with Crippen LogP contribution in [-0.2, 0) is 20.7 Å². The van der Waals surface area contributed by atoms with E-state index in [0.29, 0.717) is 23.2 Å². The van der Waals surface area contributed by atoms with Crippen LogP contribution < -0.4 is 10.9 Å². The minimum Gasteiger partial charge on any atom is -0.467 e. The van der Waals surface area contributed by atoms with Crippen LogP contribution in [0.25, 0.3) is 21.9 Å². The molecule has 1 aromatic carbocycles. The number of rotatable bonds is 7. The van der Waals surface area contributed by atoms with Gasteiger partial charge in [0.1, 0.15) is 17.2 Å². The fourth-order valence-electron chi connectivity index (χ4n) is 3.94. The highest BCUT2D eigenvalue weighted by molar-refractivity contribution is 5.99. The van der Waals surface area contributed by atoms with E-state index in [1.165, 1.54) is 7.11 Å². The standard InChI is InChI=1S/C24H29NO6/c1-12(2)9-19(24(28)29-6)25-20(26)8-7-16-14(4)18-10-17-13(3)11-30-21(17)15(5)22(18)31-23(16)27/h10-12,19H,7-9H2,1-6H3,(H,25,26)/t19-/m1/s1. The van der Waals surface area contributed by atoms with Gasteiger partial charge in [-0.3, -0.25) is 4.79 Å². The quantitative estimate of drug-likeness (QED) is 0.450. The molecule has 0 radical (unpaired) electrons. The summed E-state index contributed by atoms with van der Waals surface area (Å²) in [6.45, 7) is 9.62. The predicted molar refractivity (Wildman–Crippen MR) is 118 cm³/mol. The second-order valence-electron chi connectivity index (χ2n) is 8.44. The molecule has 7 heteroatoms. The minimum absolute atomic E-state index is 0.0641. The molecular formula is C24H29NO6. The van der Waals surface area contributed by atoms with Crippen molar-refractivity contribution in [2.75, 3.05) is 7.11 Å². The summed E-state index contributed by atoms with van der Waals surface area (Å²) in [4.78, 5) is 37.1. The Bertz CT molecular complexity index is 1200. The van der Waals surface area contributed by atoms with E-state index in [-0.39, 0.29) is 24.7 Å². The topological polar surface area (TPSA) is 98.8 Å². The molecule has 7 nitrogen and oxygen atoms in total. The van der Waals surface area contributed by atoms with E-state index in [0.717, 1.165) is 27.5 Å². The van der Waals surface area contributed by atoms with E-state index in [1.807, 2.05) is 40.7 Å². The number of carbonyl (C=O) groups excluding carboxylic acids is 2. The Morgan fingerprint density at radius 2 is 1.81 bits per heavy atom. The van der Waals surface area contributed by atoms with Gasteiger partial charge in [0, 0.05) is 28.3 Å². The summed E-state index contributed by atoms with van der Waals surface area (Å²) < 4.78 is 16.0. The summed E-state index contributed by atoms with van der Waals surface area (Å²) in [6, 6.07) is 1.26. The van der Waals surface area contributed by atoms with Gasteiger partial charge >= 0.3 is 11.6 Å². The summed E-state index contributed by atoms with van der Waals surface area (Å²) in [5.41, 5.74) is 3.77. The Balaban J connectivity index is 1.87. The second-order valence-corrected chi connectivity index (χ2v) is 8.44. The van der Waals surface area contributed by atoms with Crippen molar-refractivity contribution in [1.82, 2.24) is 5.32 Å². The number of esters is 1. The molecule has 1 amide bonds. The first-order valence-corrected chi connectivity index (χ1v) is 10.4. The zero-order valence-corrected chi connectivity index (χ0v) is 18.9. The van der Waals surface area contributed by atoms with Crippen LogP contribution in [0, 0.1) is 26.7 Å². The van der Waals surface area contributed by atoms with Crippen LogP contribution in [0.4, 0.5) is 0 Å². The molecule has 3 aromatic rings. The Hall–Kier alpha value is -3.09. The number of aryl methyl sites for hydroxylation is 3. The second kappa shape index (κ2) is 8.96. The number of benzene rings is 1. The molecule has 31 heavy (non-hydrogen) atoms. The first-order chi connectivity index (χ1) is 14.6. The van der Waals surface area contributed by atoms with Gasteiger partial charge in [0.15, 0.2) is 0 Å². The Morgan fingerprint density at radius 1 is 1.10 bits per heavy atom. The molecule has 1 N–H and O–H groups in total. The zero-order valence-electron chi connectivity index (χ0n) is 18.9. The van der Waals surface area contributed by atoms with Crippen LogP contribution in [0.2, 0.25) is 0 Å². The lowest BCUT2D eigenvalue weighted by atomic mass is 9.98. The highest BCUT2D eigenvalue weighted by Gasteiger charge is 2.23. The molecule has 0 bridgehead atoms. The SMILES string of the molecule is COC(=O)[C@@H](CC(C)C)NC(=O)CCc1c(C)c2cc3c(C)coc3c(C)c2oc1=O. The first kappa shape index (κ1) is 22.6. The van der Waals surface area contributed by atoms with Gasteiger partial charge in [-0.25, -0.2) is 9.59 Å². The first-order valence-electron chi connectivity index (χ1n) is 10.4. The van der Waals surface area contributed by atoms with Crippen LogP contribution in [0.1, 0.15) is 48.9 Å². The highest BCUT2D eigenvalue weighted by Crippen LogP contribution is 2.32. The molecule has 166 valence electrons. The van der Waals surface area contributed by atoms with Crippen LogP contribution in [0.3, 0.4) is 0 Å². The lowest BCUT2D eigenvalue weighted by molar-refractivity contribution is -0.145. The average Bonchev–Trinajstić information content (AvgIpc) is 3.08. The van der Waals surface area contributed by atoms with Crippen molar-refractivity contribution in [3.05, 3.63) is 45.0 Å². The van der Waals surface area contributed by atoms with Crippen molar-refractivity contribution < 1.29 is 23.2 Å². The number of methoxy groups -OCH3 is 1. The van der Waals surface area contributed by atoms with Gasteiger partial charge in [-0.15, -0.1) is 0 Å². The number of ether oxygens (including phenoxy) is 1. The summed E-state index contributed by atoms with van der Waals surface area (Å²) >= 11 is 0. The number of fused-ring (bicyclic) bond motifs is 2. The molecular weight excluding hydrogens is 398 g/mol. The smallest absolute Gasteiger partial charge is 0.339 e. The van der Waals surface area contributed by atoms with Crippen molar-refractivity contribution in [3.8, 4) is 0 Å². The lowest BCUT2D eigenvalue weighted by Gasteiger charge is -2.18. The van der Waals surface area contributed by atoms with Crippen molar-refractivity contribution in [1.29, 1.82) is 0 Å². The fourth-order valence-corrected chi connectivity index (χ4v) is 3.94. The summed E-state index contributed by atoms with van der Waals surface area (Å²) in [7, 11) is 1.30. The van der Waals surface area contributed by atoms with Gasteiger partial charge in [-0.2, -0.15) is 0 Å². The number of carbonyl (C=O) groups is 2. The van der Waals surface area contributed by atoms with Crippen LogP contribution in [0.15, 0.2) is 26.0 Å². The van der Waals surface area contributed by atoms with Crippen molar-refractivity contribution in [2.45, 2.75) is 59.9 Å². The normalized spacial score (nSPS) is 12.5. The van der Waals surface area contributed by atoms with Gasteiger partial charge in [0.2, 0.25) is 5.91 Å². The molecule has 0 fully saturated rings. The van der Waals surface area contributed by atoms with Gasteiger partial charge < -0.3 is 18.9 Å². The lowest BCUT2D eigenvalue weighted by Crippen LogP contribution is -2.42. The maximum Gasteiger partial charge on any atom is 0.339 e. The largest absolute Gasteiger partial charge is 0.467 e. The Kier molecular flexibility index (Phi) is 6.53. The molecule has 0 aliphatic heterocycles. The number of hydrogen-bond acceptors (Lipinski definition) is 6. The van der Waals surface area contributed by atoms with Gasteiger partial charge in [0.25, 0.3) is 0 Å². The zero-order chi connectivity index (χ0) is 22.9. The van der Waals surface area contributed by atoms with E-state index >= 15 is 0 Å². The van der Waals surface area contributed by atoms with Gasteiger partial charge in [-0.05, 0) is 56.7 Å². The minimum atomic E-state index is -0.702.